The number of amides is 1. The predicted molar refractivity (Wildman–Crippen MR) is 117 cm³/mol. The molecule has 0 saturated carbocycles. The van der Waals surface area contributed by atoms with Crippen LogP contribution in [0.25, 0.3) is 0 Å². The molecule has 1 aliphatic rings. The van der Waals surface area contributed by atoms with Crippen molar-refractivity contribution in [3.63, 3.8) is 0 Å². The number of carbonyl (C=O) groups is 1. The molecule has 0 saturated heterocycles. The van der Waals surface area contributed by atoms with Crippen molar-refractivity contribution in [1.82, 2.24) is 4.90 Å². The topological polar surface area (TPSA) is 72.9 Å². The maximum Gasteiger partial charge on any atom is 0.224 e. The Bertz CT molecular complexity index is 988. The van der Waals surface area contributed by atoms with Gasteiger partial charge in [-0.2, -0.15) is 0 Å². The number of nitrogens with zero attached hydrogens (tertiary/aromatic N) is 1. The summed E-state index contributed by atoms with van der Waals surface area (Å²) in [5.41, 5.74) is 3.09. The van der Waals surface area contributed by atoms with Crippen molar-refractivity contribution in [3.05, 3.63) is 59.2 Å². The third kappa shape index (κ3) is 5.14. The summed E-state index contributed by atoms with van der Waals surface area (Å²) in [5.74, 6) is 1.06. The molecule has 1 heterocycles. The third-order valence-electron chi connectivity index (χ3n) is 5.16. The van der Waals surface area contributed by atoms with Gasteiger partial charge in [-0.25, -0.2) is 8.42 Å². The summed E-state index contributed by atoms with van der Waals surface area (Å²) < 4.78 is 34.8. The first-order valence-electron chi connectivity index (χ1n) is 10.3. The molecule has 2 aromatic rings. The van der Waals surface area contributed by atoms with E-state index in [4.69, 9.17) is 9.47 Å². The molecule has 162 valence electrons. The second-order valence-electron chi connectivity index (χ2n) is 7.39. The van der Waals surface area contributed by atoms with E-state index in [2.05, 4.69) is 0 Å². The monoisotopic (exact) mass is 431 g/mol. The van der Waals surface area contributed by atoms with Crippen LogP contribution in [0.2, 0.25) is 0 Å². The lowest BCUT2D eigenvalue weighted by Crippen LogP contribution is -2.41. The zero-order chi connectivity index (χ0) is 21.7. The van der Waals surface area contributed by atoms with Crippen LogP contribution in [-0.4, -0.2) is 51.0 Å². The fraction of sp³-hybridized carbons (Fsp3) is 0.435. The lowest BCUT2D eigenvalue weighted by Gasteiger charge is -2.38. The van der Waals surface area contributed by atoms with E-state index in [1.54, 1.807) is 4.90 Å². The summed E-state index contributed by atoms with van der Waals surface area (Å²) in [6, 6.07) is 13.5. The average Bonchev–Trinajstić information content (AvgIpc) is 2.72. The molecule has 0 N–H and O–H groups in total. The van der Waals surface area contributed by atoms with Crippen LogP contribution in [-0.2, 0) is 21.1 Å². The first-order valence-corrected chi connectivity index (χ1v) is 12.3. The molecule has 1 atom stereocenters. The van der Waals surface area contributed by atoms with Gasteiger partial charge < -0.3 is 14.4 Å². The molecular weight excluding hydrogens is 402 g/mol. The Kier molecular flexibility index (Phi) is 7.02. The van der Waals surface area contributed by atoms with Crippen LogP contribution >= 0.6 is 0 Å². The van der Waals surface area contributed by atoms with E-state index < -0.39 is 9.84 Å². The highest BCUT2D eigenvalue weighted by Crippen LogP contribution is 2.41. The van der Waals surface area contributed by atoms with Crippen molar-refractivity contribution in [3.8, 4) is 11.5 Å². The zero-order valence-electron chi connectivity index (χ0n) is 17.8. The van der Waals surface area contributed by atoms with Gasteiger partial charge in [0.15, 0.2) is 11.5 Å². The van der Waals surface area contributed by atoms with Gasteiger partial charge >= 0.3 is 0 Å². The minimum atomic E-state index is -3.21. The zero-order valence-corrected chi connectivity index (χ0v) is 18.6. The molecule has 3 rings (SSSR count). The van der Waals surface area contributed by atoms with Crippen molar-refractivity contribution >= 4 is 15.7 Å². The van der Waals surface area contributed by atoms with E-state index in [-0.39, 0.29) is 24.1 Å². The Morgan fingerprint density at radius 3 is 2.30 bits per heavy atom. The minimum Gasteiger partial charge on any atom is -0.490 e. The van der Waals surface area contributed by atoms with Gasteiger partial charge in [0, 0.05) is 19.2 Å². The SMILES string of the molecule is CCOc1cc2c(cc1OCC)C(c1ccccc1)N(C(=O)CCS(C)(=O)=O)CC2. The van der Waals surface area contributed by atoms with Gasteiger partial charge in [0.05, 0.1) is 25.0 Å². The molecule has 0 radical (unpaired) electrons. The summed E-state index contributed by atoms with van der Waals surface area (Å²) >= 11 is 0. The number of ether oxygens (including phenoxy) is 2. The number of fused-ring (bicyclic) bond motifs is 1. The maximum atomic E-state index is 13.0. The van der Waals surface area contributed by atoms with Gasteiger partial charge in [-0.05, 0) is 49.1 Å². The van der Waals surface area contributed by atoms with E-state index in [0.29, 0.717) is 37.7 Å². The van der Waals surface area contributed by atoms with E-state index in [0.717, 1.165) is 22.9 Å². The van der Waals surface area contributed by atoms with Crippen LogP contribution < -0.4 is 9.47 Å². The molecule has 0 aliphatic carbocycles. The molecule has 0 aromatic heterocycles. The molecule has 2 aromatic carbocycles. The molecule has 6 nitrogen and oxygen atoms in total. The highest BCUT2D eigenvalue weighted by molar-refractivity contribution is 7.90. The van der Waals surface area contributed by atoms with Crippen LogP contribution in [0.4, 0.5) is 0 Å². The standard InChI is InChI=1S/C23H29NO5S/c1-4-28-20-15-18-11-13-24(22(25)12-14-30(3,26)27)23(17-9-7-6-8-10-17)19(18)16-21(20)29-5-2/h6-10,15-16,23H,4-5,11-14H2,1-3H3. The normalized spacial score (nSPS) is 16.1. The van der Waals surface area contributed by atoms with Gasteiger partial charge in [0.25, 0.3) is 0 Å². The lowest BCUT2D eigenvalue weighted by molar-refractivity contribution is -0.132. The second kappa shape index (κ2) is 9.51. The smallest absolute Gasteiger partial charge is 0.224 e. The summed E-state index contributed by atoms with van der Waals surface area (Å²) in [4.78, 5) is 14.8. The first kappa shape index (κ1) is 22.2. The largest absolute Gasteiger partial charge is 0.490 e. The molecule has 7 heteroatoms. The molecule has 1 amide bonds. The minimum absolute atomic E-state index is 0.0210. The van der Waals surface area contributed by atoms with E-state index in [1.165, 1.54) is 0 Å². The number of sulfone groups is 1. The van der Waals surface area contributed by atoms with Crippen LogP contribution in [0.5, 0.6) is 11.5 Å². The fourth-order valence-electron chi connectivity index (χ4n) is 3.84. The van der Waals surface area contributed by atoms with Crippen molar-refractivity contribution < 1.29 is 22.7 Å². The van der Waals surface area contributed by atoms with Crippen LogP contribution in [0.15, 0.2) is 42.5 Å². The van der Waals surface area contributed by atoms with E-state index in [9.17, 15) is 13.2 Å². The number of hydrogen-bond donors (Lipinski definition) is 0. The van der Waals surface area contributed by atoms with Gasteiger partial charge in [0.1, 0.15) is 9.84 Å². The number of benzene rings is 2. The van der Waals surface area contributed by atoms with Crippen molar-refractivity contribution in [2.24, 2.45) is 0 Å². The summed E-state index contributed by atoms with van der Waals surface area (Å²) in [7, 11) is -3.21. The van der Waals surface area contributed by atoms with Crippen LogP contribution in [0.1, 0.15) is 43.0 Å². The van der Waals surface area contributed by atoms with Gasteiger partial charge in [-0.15, -0.1) is 0 Å². The average molecular weight is 432 g/mol. The number of rotatable bonds is 8. The quantitative estimate of drug-likeness (QED) is 0.641. The second-order valence-corrected chi connectivity index (χ2v) is 9.65. The molecule has 1 unspecified atom stereocenters. The highest BCUT2D eigenvalue weighted by Gasteiger charge is 2.33. The third-order valence-corrected chi connectivity index (χ3v) is 6.10. The Balaban J connectivity index is 2.05. The molecule has 1 aliphatic heterocycles. The molecule has 0 bridgehead atoms. The van der Waals surface area contributed by atoms with Gasteiger partial charge in [-0.3, -0.25) is 4.79 Å². The first-order chi connectivity index (χ1) is 14.3. The summed E-state index contributed by atoms with van der Waals surface area (Å²) in [5, 5.41) is 0. The Labute approximate surface area is 178 Å². The summed E-state index contributed by atoms with van der Waals surface area (Å²) in [6.45, 7) is 5.42. The highest BCUT2D eigenvalue weighted by atomic mass is 32.2. The van der Waals surface area contributed by atoms with Gasteiger partial charge in [0.2, 0.25) is 5.91 Å². The molecule has 0 spiro atoms. The predicted octanol–water partition coefficient (Wildman–Crippen LogP) is 3.39. The lowest BCUT2D eigenvalue weighted by atomic mass is 9.87. The molecule has 30 heavy (non-hydrogen) atoms. The number of hydrogen-bond acceptors (Lipinski definition) is 5. The van der Waals surface area contributed by atoms with Crippen LogP contribution in [0, 0.1) is 0 Å². The van der Waals surface area contributed by atoms with Crippen LogP contribution in [0.3, 0.4) is 0 Å². The Morgan fingerprint density at radius 2 is 1.70 bits per heavy atom. The maximum absolute atomic E-state index is 13.0. The van der Waals surface area contributed by atoms with E-state index in [1.807, 2.05) is 56.3 Å². The molecule has 0 fully saturated rings. The fourth-order valence-corrected chi connectivity index (χ4v) is 4.39. The van der Waals surface area contributed by atoms with Crippen molar-refractivity contribution in [1.29, 1.82) is 0 Å². The molecular formula is C23H29NO5S. The summed E-state index contributed by atoms with van der Waals surface area (Å²) in [6.07, 6.45) is 1.81. The number of carbonyl (C=O) groups excluding carboxylic acids is 1. The van der Waals surface area contributed by atoms with Crippen molar-refractivity contribution in [2.45, 2.75) is 32.7 Å². The Morgan fingerprint density at radius 1 is 1.07 bits per heavy atom. The van der Waals surface area contributed by atoms with Gasteiger partial charge in [-0.1, -0.05) is 30.3 Å². The Hall–Kier alpha value is -2.54. The van der Waals surface area contributed by atoms with E-state index >= 15 is 0 Å². The van der Waals surface area contributed by atoms with Crippen molar-refractivity contribution in [2.75, 3.05) is 31.8 Å².